The van der Waals surface area contributed by atoms with Gasteiger partial charge in [-0.2, -0.15) is 0 Å². The van der Waals surface area contributed by atoms with Gasteiger partial charge >= 0.3 is 0 Å². The van der Waals surface area contributed by atoms with Gasteiger partial charge in [-0.1, -0.05) is 31.2 Å². The summed E-state index contributed by atoms with van der Waals surface area (Å²) in [5.74, 6) is 0. The lowest BCUT2D eigenvalue weighted by Gasteiger charge is -2.28. The van der Waals surface area contributed by atoms with E-state index in [1.165, 1.54) is 0 Å². The van der Waals surface area contributed by atoms with Gasteiger partial charge in [0.25, 0.3) is 0 Å². The van der Waals surface area contributed by atoms with Crippen molar-refractivity contribution in [1.82, 2.24) is 0 Å². The molecule has 15 heavy (non-hydrogen) atoms. The van der Waals surface area contributed by atoms with Gasteiger partial charge in [0.15, 0.2) is 0 Å². The molecule has 0 aliphatic heterocycles. The maximum Gasteiger partial charge on any atom is 0.133 e. The van der Waals surface area contributed by atoms with Crippen molar-refractivity contribution in [3.05, 3.63) is 36.0 Å². The summed E-state index contributed by atoms with van der Waals surface area (Å²) in [5.41, 5.74) is 0.823. The van der Waals surface area contributed by atoms with Crippen molar-refractivity contribution >= 4 is 0 Å². The topological polar surface area (TPSA) is 0 Å². The number of hydrogen-bond donors (Lipinski definition) is 0. The van der Waals surface area contributed by atoms with Crippen LogP contribution in [0.4, 0.5) is 4.39 Å². The summed E-state index contributed by atoms with van der Waals surface area (Å²) in [7, 11) is 0. The molecule has 1 aliphatic rings. The van der Waals surface area contributed by atoms with Crippen molar-refractivity contribution in [3.63, 3.8) is 0 Å². The number of alkyl halides is 1. The molecule has 0 radical (unpaired) electrons. The first-order chi connectivity index (χ1) is 7.11. The monoisotopic (exact) mass is 208 g/mol. The van der Waals surface area contributed by atoms with Crippen LogP contribution in [0.1, 0.15) is 46.0 Å². The summed E-state index contributed by atoms with van der Waals surface area (Å²) in [4.78, 5) is 0. The number of hydrogen-bond acceptors (Lipinski definition) is 0. The first-order valence-electron chi connectivity index (χ1n) is 5.79. The van der Waals surface area contributed by atoms with E-state index in [1.54, 1.807) is 13.0 Å². The Balaban J connectivity index is 3.02. The molecular weight excluding hydrogens is 187 g/mol. The van der Waals surface area contributed by atoms with Crippen LogP contribution in [0.25, 0.3) is 0 Å². The van der Waals surface area contributed by atoms with Crippen LogP contribution in [-0.4, -0.2) is 5.67 Å². The zero-order valence-corrected chi connectivity index (χ0v) is 9.85. The summed E-state index contributed by atoms with van der Waals surface area (Å²) in [5, 5.41) is 0. The van der Waals surface area contributed by atoms with Crippen molar-refractivity contribution in [2.45, 2.75) is 51.6 Å². The Kier molecular flexibility index (Phi) is 4.31. The molecule has 0 heterocycles. The Hall–Kier alpha value is -0.850. The first kappa shape index (κ1) is 12.2. The van der Waals surface area contributed by atoms with Crippen LogP contribution in [0.2, 0.25) is 0 Å². The van der Waals surface area contributed by atoms with Gasteiger partial charge < -0.3 is 0 Å². The van der Waals surface area contributed by atoms with E-state index in [1.807, 2.05) is 19.1 Å². The van der Waals surface area contributed by atoms with Crippen LogP contribution in [0.3, 0.4) is 0 Å². The van der Waals surface area contributed by atoms with Gasteiger partial charge in [-0.15, -0.1) is 0 Å². The van der Waals surface area contributed by atoms with Crippen LogP contribution in [-0.2, 0) is 0 Å². The van der Waals surface area contributed by atoms with Gasteiger partial charge in [-0.25, -0.2) is 4.39 Å². The molecule has 1 rings (SSSR count). The normalized spacial score (nSPS) is 33.8. The van der Waals surface area contributed by atoms with E-state index in [2.05, 4.69) is 6.58 Å². The molecule has 0 aromatic heterocycles. The lowest BCUT2D eigenvalue weighted by molar-refractivity contribution is 0.214. The Morgan fingerprint density at radius 2 is 2.07 bits per heavy atom. The summed E-state index contributed by atoms with van der Waals surface area (Å²) in [6.45, 7) is 7.32. The van der Waals surface area contributed by atoms with Gasteiger partial charge in [-0.05, 0) is 50.7 Å². The Morgan fingerprint density at radius 1 is 1.33 bits per heavy atom. The highest BCUT2D eigenvalue weighted by Crippen LogP contribution is 2.37. The zero-order chi connectivity index (χ0) is 11.3. The van der Waals surface area contributed by atoms with E-state index in [-0.39, 0.29) is 0 Å². The molecule has 1 fully saturated rings. The molecule has 0 N–H and O–H groups in total. The molecule has 0 saturated heterocycles. The predicted molar refractivity (Wildman–Crippen MR) is 64.6 cm³/mol. The average molecular weight is 208 g/mol. The number of allylic oxidation sites excluding steroid dienone is 5. The second-order valence-electron chi connectivity index (χ2n) is 4.39. The summed E-state index contributed by atoms with van der Waals surface area (Å²) in [6.07, 6.45) is 10.5. The maximum absolute atomic E-state index is 14.4. The average Bonchev–Trinajstić information content (AvgIpc) is 2.15. The van der Waals surface area contributed by atoms with E-state index >= 15 is 0 Å². The highest BCUT2D eigenvalue weighted by Gasteiger charge is 2.30. The molecule has 0 aromatic carbocycles. The first-order valence-corrected chi connectivity index (χ1v) is 5.79. The summed E-state index contributed by atoms with van der Waals surface area (Å²) < 4.78 is 14.4. The minimum Gasteiger partial charge on any atom is -0.239 e. The third kappa shape index (κ3) is 3.05. The van der Waals surface area contributed by atoms with Gasteiger partial charge in [0.05, 0.1) is 0 Å². The Labute approximate surface area is 92.6 Å². The van der Waals surface area contributed by atoms with Gasteiger partial charge in [0.2, 0.25) is 0 Å². The second kappa shape index (κ2) is 5.29. The van der Waals surface area contributed by atoms with E-state index in [0.29, 0.717) is 6.42 Å². The van der Waals surface area contributed by atoms with Crippen LogP contribution in [0.5, 0.6) is 0 Å². The molecular formula is C14H21F. The molecule has 1 unspecified atom stereocenters. The van der Waals surface area contributed by atoms with Crippen LogP contribution < -0.4 is 0 Å². The predicted octanol–water partition coefficient (Wildman–Crippen LogP) is 4.74. The fraction of sp³-hybridized carbons (Fsp3) is 0.571. The van der Waals surface area contributed by atoms with Gasteiger partial charge in [0, 0.05) is 0 Å². The van der Waals surface area contributed by atoms with Crippen molar-refractivity contribution in [1.29, 1.82) is 0 Å². The zero-order valence-electron chi connectivity index (χ0n) is 9.85. The molecule has 1 heteroatoms. The van der Waals surface area contributed by atoms with E-state index < -0.39 is 5.67 Å². The van der Waals surface area contributed by atoms with E-state index in [9.17, 15) is 4.39 Å². The van der Waals surface area contributed by atoms with Crippen molar-refractivity contribution in [2.24, 2.45) is 0 Å². The standard InChI is InChI=1S/C14H21F/c1-4-9-12-10-7-6-8-11-14(3,15)13(12)5-2/h4-5,9H,1,6-8,10-11H2,2-3H3/b12-9-,13-5+. The smallest absolute Gasteiger partial charge is 0.133 e. The van der Waals surface area contributed by atoms with Crippen LogP contribution in [0, 0.1) is 0 Å². The Morgan fingerprint density at radius 3 is 2.67 bits per heavy atom. The number of halogens is 1. The molecule has 84 valence electrons. The highest BCUT2D eigenvalue weighted by molar-refractivity contribution is 5.39. The molecule has 0 spiro atoms. The molecule has 0 amide bonds. The number of rotatable bonds is 1. The van der Waals surface area contributed by atoms with Crippen molar-refractivity contribution in [2.75, 3.05) is 0 Å². The SMILES string of the molecule is C=C/C=C1/CCCCCC(C)(F)/C1=C/C. The van der Waals surface area contributed by atoms with Gasteiger partial charge in [-0.3, -0.25) is 0 Å². The van der Waals surface area contributed by atoms with E-state index in [4.69, 9.17) is 0 Å². The largest absolute Gasteiger partial charge is 0.239 e. The summed E-state index contributed by atoms with van der Waals surface area (Å²) >= 11 is 0. The third-order valence-corrected chi connectivity index (χ3v) is 3.11. The molecule has 1 saturated carbocycles. The lowest BCUT2D eigenvalue weighted by Crippen LogP contribution is -2.24. The molecule has 0 aromatic rings. The van der Waals surface area contributed by atoms with Crippen molar-refractivity contribution < 1.29 is 4.39 Å². The van der Waals surface area contributed by atoms with Gasteiger partial charge in [0.1, 0.15) is 5.67 Å². The third-order valence-electron chi connectivity index (χ3n) is 3.11. The van der Waals surface area contributed by atoms with Crippen LogP contribution in [0.15, 0.2) is 36.0 Å². The van der Waals surface area contributed by atoms with Crippen LogP contribution >= 0.6 is 0 Å². The maximum atomic E-state index is 14.4. The molecule has 1 aliphatic carbocycles. The molecule has 1 atom stereocenters. The minimum absolute atomic E-state index is 0.640. The quantitative estimate of drug-likeness (QED) is 0.584. The summed E-state index contributed by atoms with van der Waals surface area (Å²) in [6, 6.07) is 0. The fourth-order valence-electron chi connectivity index (χ4n) is 2.36. The fourth-order valence-corrected chi connectivity index (χ4v) is 2.36. The minimum atomic E-state index is -1.16. The van der Waals surface area contributed by atoms with E-state index in [0.717, 1.165) is 36.8 Å². The molecule has 0 bridgehead atoms. The van der Waals surface area contributed by atoms with Crippen molar-refractivity contribution in [3.8, 4) is 0 Å². The highest BCUT2D eigenvalue weighted by atomic mass is 19.1. The molecule has 0 nitrogen and oxygen atoms in total. The second-order valence-corrected chi connectivity index (χ2v) is 4.39. The Bertz CT molecular complexity index is 282. The lowest BCUT2D eigenvalue weighted by atomic mass is 9.82.